The molecular formula is C21H27ClN2OS. The quantitative estimate of drug-likeness (QED) is 0.857. The highest BCUT2D eigenvalue weighted by atomic mass is 35.5. The number of benzene rings is 1. The van der Waals surface area contributed by atoms with Crippen LogP contribution >= 0.6 is 23.7 Å². The fourth-order valence-corrected chi connectivity index (χ4v) is 5.62. The van der Waals surface area contributed by atoms with Crippen LogP contribution in [0.25, 0.3) is 0 Å². The van der Waals surface area contributed by atoms with Crippen LogP contribution in [0.5, 0.6) is 0 Å². The van der Waals surface area contributed by atoms with E-state index in [1.807, 2.05) is 11.0 Å². The van der Waals surface area contributed by atoms with Crippen molar-refractivity contribution < 1.29 is 4.79 Å². The van der Waals surface area contributed by atoms with Crippen molar-refractivity contribution in [3.05, 3.63) is 57.3 Å². The summed E-state index contributed by atoms with van der Waals surface area (Å²) in [6, 6.07) is 10.5. The van der Waals surface area contributed by atoms with Crippen molar-refractivity contribution >= 4 is 29.7 Å². The molecule has 0 radical (unpaired) electrons. The molecule has 1 amide bonds. The fourth-order valence-electron chi connectivity index (χ4n) is 4.38. The second-order valence-corrected chi connectivity index (χ2v) is 8.59. The number of nitrogens with two attached hydrogens (primary N) is 1. The van der Waals surface area contributed by atoms with Crippen LogP contribution < -0.4 is 5.73 Å². The zero-order valence-electron chi connectivity index (χ0n) is 15.2. The van der Waals surface area contributed by atoms with E-state index in [-0.39, 0.29) is 18.3 Å². The van der Waals surface area contributed by atoms with E-state index in [2.05, 4.69) is 36.6 Å². The molecule has 140 valence electrons. The molecule has 1 fully saturated rings. The zero-order chi connectivity index (χ0) is 17.4. The molecule has 0 bridgehead atoms. The second kappa shape index (κ2) is 8.12. The standard InChI is InChI=1S/C21H26N2OS.ClH/c1-14-7-8-17-19(13-25-20(17)9-14)21(24)23-11-16(10-22)18(12-23)15-5-3-2-4-6-15;/h2-6,13-14,16,18H,7-12,22H2,1H3;1H/t14?,16-,18+;/m1./s1. The number of carbonyl (C=O) groups is 1. The number of hydrogen-bond donors (Lipinski definition) is 1. The van der Waals surface area contributed by atoms with E-state index in [1.54, 1.807) is 11.3 Å². The third-order valence-corrected chi connectivity index (χ3v) is 6.94. The number of hydrogen-bond acceptors (Lipinski definition) is 3. The van der Waals surface area contributed by atoms with E-state index in [9.17, 15) is 4.79 Å². The average Bonchev–Trinajstić information content (AvgIpc) is 3.25. The van der Waals surface area contributed by atoms with Gasteiger partial charge in [0.25, 0.3) is 5.91 Å². The van der Waals surface area contributed by atoms with E-state index in [0.717, 1.165) is 37.4 Å². The minimum Gasteiger partial charge on any atom is -0.338 e. The minimum atomic E-state index is 0. The summed E-state index contributed by atoms with van der Waals surface area (Å²) >= 11 is 1.77. The van der Waals surface area contributed by atoms with E-state index in [0.29, 0.717) is 18.4 Å². The molecule has 3 atom stereocenters. The molecule has 0 spiro atoms. The van der Waals surface area contributed by atoms with Crippen molar-refractivity contribution in [2.24, 2.45) is 17.6 Å². The van der Waals surface area contributed by atoms with E-state index in [4.69, 9.17) is 5.73 Å². The number of nitrogens with zero attached hydrogens (tertiary/aromatic N) is 1. The molecular weight excluding hydrogens is 364 g/mol. The van der Waals surface area contributed by atoms with Gasteiger partial charge in [0.05, 0.1) is 5.56 Å². The summed E-state index contributed by atoms with van der Waals surface area (Å²) in [5, 5.41) is 2.10. The molecule has 1 aliphatic heterocycles. The third kappa shape index (κ3) is 3.55. The summed E-state index contributed by atoms with van der Waals surface area (Å²) < 4.78 is 0. The lowest BCUT2D eigenvalue weighted by Gasteiger charge is -2.21. The van der Waals surface area contributed by atoms with Crippen LogP contribution in [-0.4, -0.2) is 30.4 Å². The molecule has 26 heavy (non-hydrogen) atoms. The summed E-state index contributed by atoms with van der Waals surface area (Å²) in [6.07, 6.45) is 3.38. The topological polar surface area (TPSA) is 46.3 Å². The molecule has 3 nitrogen and oxygen atoms in total. The molecule has 2 aromatic rings. The van der Waals surface area contributed by atoms with Crippen LogP contribution in [0.15, 0.2) is 35.7 Å². The molecule has 4 rings (SSSR count). The number of amides is 1. The molecule has 1 aliphatic carbocycles. The highest BCUT2D eigenvalue weighted by molar-refractivity contribution is 7.10. The predicted molar refractivity (Wildman–Crippen MR) is 110 cm³/mol. The fraction of sp³-hybridized carbons (Fsp3) is 0.476. The number of thiophene rings is 1. The monoisotopic (exact) mass is 390 g/mol. The SMILES string of the molecule is CC1CCc2c(C(=O)N3C[C@@H](CN)[C@H](c4ccccc4)C3)csc2C1.Cl. The maximum atomic E-state index is 13.2. The van der Waals surface area contributed by atoms with Crippen LogP contribution in [-0.2, 0) is 12.8 Å². The second-order valence-electron chi connectivity index (χ2n) is 7.62. The maximum Gasteiger partial charge on any atom is 0.255 e. The van der Waals surface area contributed by atoms with Crippen molar-refractivity contribution in [3.63, 3.8) is 0 Å². The smallest absolute Gasteiger partial charge is 0.255 e. The molecule has 1 saturated heterocycles. The van der Waals surface area contributed by atoms with Gasteiger partial charge in [-0.1, -0.05) is 37.3 Å². The highest BCUT2D eigenvalue weighted by Gasteiger charge is 2.36. The van der Waals surface area contributed by atoms with Gasteiger partial charge >= 0.3 is 0 Å². The first-order valence-corrected chi connectivity index (χ1v) is 10.2. The molecule has 1 unspecified atom stereocenters. The molecule has 0 saturated carbocycles. The van der Waals surface area contributed by atoms with Gasteiger partial charge in [0.1, 0.15) is 0 Å². The average molecular weight is 391 g/mol. The first-order chi connectivity index (χ1) is 12.2. The van der Waals surface area contributed by atoms with Gasteiger partial charge in [-0.3, -0.25) is 4.79 Å². The molecule has 1 aromatic carbocycles. The van der Waals surface area contributed by atoms with Crippen molar-refractivity contribution in [2.75, 3.05) is 19.6 Å². The van der Waals surface area contributed by atoms with Gasteiger partial charge in [0.15, 0.2) is 0 Å². The molecule has 1 aromatic heterocycles. The zero-order valence-corrected chi connectivity index (χ0v) is 16.8. The molecule has 5 heteroatoms. The lowest BCUT2D eigenvalue weighted by atomic mass is 9.88. The largest absolute Gasteiger partial charge is 0.338 e. The number of carbonyl (C=O) groups excluding carboxylic acids is 1. The summed E-state index contributed by atoms with van der Waals surface area (Å²) in [5.41, 5.74) is 9.61. The van der Waals surface area contributed by atoms with Crippen LogP contribution in [0.4, 0.5) is 0 Å². The minimum absolute atomic E-state index is 0. The Kier molecular flexibility index (Phi) is 6.06. The van der Waals surface area contributed by atoms with Gasteiger partial charge in [0.2, 0.25) is 0 Å². The summed E-state index contributed by atoms with van der Waals surface area (Å²) in [4.78, 5) is 16.7. The number of likely N-dealkylation sites (tertiary alicyclic amines) is 1. The van der Waals surface area contributed by atoms with Crippen molar-refractivity contribution in [2.45, 2.75) is 32.1 Å². The first kappa shape index (κ1) is 19.4. The van der Waals surface area contributed by atoms with Gasteiger partial charge in [-0.05, 0) is 48.8 Å². The van der Waals surface area contributed by atoms with Crippen LogP contribution in [0, 0.1) is 11.8 Å². The Labute approximate surface area is 166 Å². The van der Waals surface area contributed by atoms with Gasteiger partial charge in [0, 0.05) is 29.3 Å². The molecule has 2 N–H and O–H groups in total. The lowest BCUT2D eigenvalue weighted by Crippen LogP contribution is -2.30. The number of halogens is 1. The third-order valence-electron chi connectivity index (χ3n) is 5.89. The Morgan fingerprint density at radius 2 is 2.04 bits per heavy atom. The van der Waals surface area contributed by atoms with Crippen LogP contribution in [0.2, 0.25) is 0 Å². The normalized spacial score (nSPS) is 24.8. The Morgan fingerprint density at radius 3 is 2.77 bits per heavy atom. The van der Waals surface area contributed by atoms with Crippen molar-refractivity contribution in [3.8, 4) is 0 Å². The van der Waals surface area contributed by atoms with Crippen LogP contribution in [0.1, 0.15) is 45.6 Å². The summed E-state index contributed by atoms with van der Waals surface area (Å²) in [7, 11) is 0. The van der Waals surface area contributed by atoms with Gasteiger partial charge in [-0.25, -0.2) is 0 Å². The molecule has 2 aliphatic rings. The van der Waals surface area contributed by atoms with Gasteiger partial charge in [-0.2, -0.15) is 0 Å². The van der Waals surface area contributed by atoms with E-state index in [1.165, 1.54) is 22.4 Å². The summed E-state index contributed by atoms with van der Waals surface area (Å²) in [6.45, 7) is 4.49. The Bertz CT molecular complexity index is 761. The Hall–Kier alpha value is -1.36. The van der Waals surface area contributed by atoms with Crippen molar-refractivity contribution in [1.29, 1.82) is 0 Å². The maximum absolute atomic E-state index is 13.2. The predicted octanol–water partition coefficient (Wildman–Crippen LogP) is 4.11. The Morgan fingerprint density at radius 1 is 1.27 bits per heavy atom. The summed E-state index contributed by atoms with van der Waals surface area (Å²) in [5.74, 6) is 1.65. The van der Waals surface area contributed by atoms with Gasteiger partial charge < -0.3 is 10.6 Å². The van der Waals surface area contributed by atoms with Crippen molar-refractivity contribution in [1.82, 2.24) is 4.90 Å². The van der Waals surface area contributed by atoms with E-state index >= 15 is 0 Å². The van der Waals surface area contributed by atoms with Gasteiger partial charge in [-0.15, -0.1) is 23.7 Å². The number of fused-ring (bicyclic) bond motifs is 1. The molecule has 2 heterocycles. The Balaban J connectivity index is 0.00000196. The van der Waals surface area contributed by atoms with E-state index < -0.39 is 0 Å². The number of rotatable bonds is 3. The first-order valence-electron chi connectivity index (χ1n) is 9.31. The highest BCUT2D eigenvalue weighted by Crippen LogP contribution is 2.36. The van der Waals surface area contributed by atoms with Crippen LogP contribution in [0.3, 0.4) is 0 Å². The lowest BCUT2D eigenvalue weighted by molar-refractivity contribution is 0.0785.